The lowest BCUT2D eigenvalue weighted by atomic mass is 10.1. The van der Waals surface area contributed by atoms with E-state index in [1.165, 1.54) is 0 Å². The fourth-order valence-corrected chi connectivity index (χ4v) is 4.25. The fourth-order valence-electron chi connectivity index (χ4n) is 2.22. The van der Waals surface area contributed by atoms with Crippen LogP contribution in [0.2, 0.25) is 0 Å². The van der Waals surface area contributed by atoms with Crippen LogP contribution in [0.15, 0.2) is 41.3 Å². The van der Waals surface area contributed by atoms with Crippen molar-refractivity contribution in [3.8, 4) is 0 Å². The number of rotatable bonds is 5. The maximum Gasteiger partial charge on any atom is 0.179 e. The van der Waals surface area contributed by atoms with E-state index in [2.05, 4.69) is 0 Å². The van der Waals surface area contributed by atoms with Crippen LogP contribution < -0.4 is 0 Å². The van der Waals surface area contributed by atoms with Crippen LogP contribution in [0.3, 0.4) is 0 Å². The molecule has 0 fully saturated rings. The Morgan fingerprint density at radius 1 is 1.05 bits per heavy atom. The first-order chi connectivity index (χ1) is 9.45. The molecule has 0 aliphatic rings. The highest BCUT2D eigenvalue weighted by Crippen LogP contribution is 2.28. The zero-order chi connectivity index (χ0) is 14.8. The molecule has 0 heterocycles. The van der Waals surface area contributed by atoms with Gasteiger partial charge in [-0.3, -0.25) is 0 Å². The van der Waals surface area contributed by atoms with Crippen LogP contribution in [0.1, 0.15) is 25.8 Å². The van der Waals surface area contributed by atoms with Crippen molar-refractivity contribution in [2.45, 2.75) is 31.0 Å². The molecule has 108 valence electrons. The van der Waals surface area contributed by atoms with Gasteiger partial charge in [0.15, 0.2) is 9.84 Å². The predicted octanol–water partition coefficient (Wildman–Crippen LogP) is 4.40. The average molecular weight is 311 g/mol. The van der Waals surface area contributed by atoms with Crippen molar-refractivity contribution in [3.05, 3.63) is 42.0 Å². The summed E-state index contributed by atoms with van der Waals surface area (Å²) >= 11 is 5.93. The van der Waals surface area contributed by atoms with E-state index in [4.69, 9.17) is 11.6 Å². The van der Waals surface area contributed by atoms with Gasteiger partial charge in [-0.1, -0.05) is 44.2 Å². The Hall–Kier alpha value is -1.06. The zero-order valence-electron chi connectivity index (χ0n) is 11.8. The van der Waals surface area contributed by atoms with Crippen molar-refractivity contribution in [1.29, 1.82) is 0 Å². The standard InChI is InChI=1S/C16H19ClO2S/c1-12(2)9-10-20(18,19)16-8-7-13(11-17)14-5-3-4-6-15(14)16/h3-8,12H,9-11H2,1-2H3. The van der Waals surface area contributed by atoms with Crippen molar-refractivity contribution in [3.63, 3.8) is 0 Å². The van der Waals surface area contributed by atoms with Gasteiger partial charge in [-0.15, -0.1) is 11.6 Å². The molecular formula is C16H19ClO2S. The minimum Gasteiger partial charge on any atom is -0.224 e. The van der Waals surface area contributed by atoms with Crippen LogP contribution in [0.4, 0.5) is 0 Å². The molecule has 0 aliphatic carbocycles. The summed E-state index contributed by atoms with van der Waals surface area (Å²) in [5.74, 6) is 0.944. The lowest BCUT2D eigenvalue weighted by molar-refractivity contribution is 0.574. The first-order valence-corrected chi connectivity index (χ1v) is 8.93. The topological polar surface area (TPSA) is 34.1 Å². The monoisotopic (exact) mass is 310 g/mol. The summed E-state index contributed by atoms with van der Waals surface area (Å²) in [7, 11) is -3.25. The number of alkyl halides is 1. The number of sulfone groups is 1. The second kappa shape index (κ2) is 6.15. The Morgan fingerprint density at radius 3 is 2.30 bits per heavy atom. The van der Waals surface area contributed by atoms with E-state index in [0.717, 1.165) is 16.3 Å². The minimum atomic E-state index is -3.25. The first-order valence-electron chi connectivity index (χ1n) is 6.75. The lowest BCUT2D eigenvalue weighted by Crippen LogP contribution is -2.10. The summed E-state index contributed by atoms with van der Waals surface area (Å²) in [6, 6.07) is 11.1. The highest BCUT2D eigenvalue weighted by molar-refractivity contribution is 7.91. The third kappa shape index (κ3) is 3.15. The van der Waals surface area contributed by atoms with Crippen molar-refractivity contribution >= 4 is 32.2 Å². The number of hydrogen-bond donors (Lipinski definition) is 0. The van der Waals surface area contributed by atoms with Crippen LogP contribution >= 0.6 is 11.6 Å². The van der Waals surface area contributed by atoms with Crippen LogP contribution in [-0.2, 0) is 15.7 Å². The summed E-state index contributed by atoms with van der Waals surface area (Å²) in [4.78, 5) is 0.419. The molecule has 0 radical (unpaired) electrons. The van der Waals surface area contributed by atoms with Crippen molar-refractivity contribution in [2.75, 3.05) is 5.75 Å². The number of fused-ring (bicyclic) bond motifs is 1. The van der Waals surface area contributed by atoms with Gasteiger partial charge >= 0.3 is 0 Å². The number of halogens is 1. The zero-order valence-corrected chi connectivity index (χ0v) is 13.3. The smallest absolute Gasteiger partial charge is 0.179 e. The Kier molecular flexibility index (Phi) is 4.71. The quantitative estimate of drug-likeness (QED) is 0.767. The van der Waals surface area contributed by atoms with E-state index >= 15 is 0 Å². The summed E-state index contributed by atoms with van der Waals surface area (Å²) < 4.78 is 25.0. The summed E-state index contributed by atoms with van der Waals surface area (Å²) in [6.45, 7) is 4.06. The van der Waals surface area contributed by atoms with Crippen LogP contribution in [0.25, 0.3) is 10.8 Å². The van der Waals surface area contributed by atoms with Crippen LogP contribution in [0.5, 0.6) is 0 Å². The van der Waals surface area contributed by atoms with Gasteiger partial charge in [0.25, 0.3) is 0 Å². The summed E-state index contributed by atoms with van der Waals surface area (Å²) in [5, 5.41) is 1.70. The van der Waals surface area contributed by atoms with Gasteiger partial charge in [0, 0.05) is 11.3 Å². The van der Waals surface area contributed by atoms with Gasteiger partial charge in [-0.25, -0.2) is 8.42 Å². The largest absolute Gasteiger partial charge is 0.224 e. The van der Waals surface area contributed by atoms with Gasteiger partial charge in [0.1, 0.15) is 0 Å². The van der Waals surface area contributed by atoms with E-state index in [1.54, 1.807) is 6.07 Å². The van der Waals surface area contributed by atoms with Gasteiger partial charge in [0.05, 0.1) is 10.6 Å². The maximum atomic E-state index is 12.5. The van der Waals surface area contributed by atoms with E-state index in [-0.39, 0.29) is 5.75 Å². The lowest BCUT2D eigenvalue weighted by Gasteiger charge is -2.11. The molecule has 0 atom stereocenters. The third-order valence-corrected chi connectivity index (χ3v) is 5.50. The second-order valence-electron chi connectivity index (χ2n) is 5.40. The second-order valence-corrected chi connectivity index (χ2v) is 7.75. The van der Waals surface area contributed by atoms with E-state index in [9.17, 15) is 8.42 Å². The minimum absolute atomic E-state index is 0.189. The molecule has 2 rings (SSSR count). The van der Waals surface area contributed by atoms with Gasteiger partial charge < -0.3 is 0 Å². The van der Waals surface area contributed by atoms with Gasteiger partial charge in [-0.05, 0) is 29.4 Å². The number of benzene rings is 2. The van der Waals surface area contributed by atoms with Crippen LogP contribution in [-0.4, -0.2) is 14.2 Å². The Bertz CT molecular complexity index is 705. The molecule has 0 aliphatic heterocycles. The summed E-state index contributed by atoms with van der Waals surface area (Å²) in [5.41, 5.74) is 0.963. The molecule has 0 spiro atoms. The van der Waals surface area contributed by atoms with E-state index in [1.807, 2.05) is 44.2 Å². The molecule has 2 nitrogen and oxygen atoms in total. The van der Waals surface area contributed by atoms with Crippen molar-refractivity contribution < 1.29 is 8.42 Å². The Morgan fingerprint density at radius 2 is 1.70 bits per heavy atom. The molecule has 4 heteroatoms. The third-order valence-electron chi connectivity index (χ3n) is 3.42. The highest BCUT2D eigenvalue weighted by atomic mass is 35.5. The predicted molar refractivity (Wildman–Crippen MR) is 85.0 cm³/mol. The van der Waals surface area contributed by atoms with Gasteiger partial charge in [0.2, 0.25) is 0 Å². The number of hydrogen-bond acceptors (Lipinski definition) is 2. The molecule has 0 aromatic heterocycles. The fraction of sp³-hybridized carbons (Fsp3) is 0.375. The molecule has 0 amide bonds. The Balaban J connectivity index is 2.55. The van der Waals surface area contributed by atoms with Gasteiger partial charge in [-0.2, -0.15) is 0 Å². The summed E-state index contributed by atoms with van der Waals surface area (Å²) in [6.07, 6.45) is 0.675. The van der Waals surface area contributed by atoms with E-state index < -0.39 is 9.84 Å². The highest BCUT2D eigenvalue weighted by Gasteiger charge is 2.18. The Labute approximate surface area is 125 Å². The van der Waals surface area contributed by atoms with Crippen molar-refractivity contribution in [2.24, 2.45) is 5.92 Å². The molecule has 20 heavy (non-hydrogen) atoms. The first kappa shape index (κ1) is 15.3. The molecule has 2 aromatic rings. The molecule has 0 unspecified atom stereocenters. The van der Waals surface area contributed by atoms with Crippen LogP contribution in [0, 0.1) is 5.92 Å². The molecular weight excluding hydrogens is 292 g/mol. The normalized spacial score (nSPS) is 12.2. The van der Waals surface area contributed by atoms with E-state index in [0.29, 0.717) is 23.1 Å². The van der Waals surface area contributed by atoms with Crippen molar-refractivity contribution in [1.82, 2.24) is 0 Å². The molecule has 0 saturated carbocycles. The molecule has 2 aromatic carbocycles. The molecule has 0 N–H and O–H groups in total. The maximum absolute atomic E-state index is 12.5. The SMILES string of the molecule is CC(C)CCS(=O)(=O)c1ccc(CCl)c2ccccc12. The average Bonchev–Trinajstić information content (AvgIpc) is 2.44. The molecule has 0 bridgehead atoms. The molecule has 0 saturated heterocycles.